The van der Waals surface area contributed by atoms with Gasteiger partial charge in [0, 0.05) is 16.3 Å². The van der Waals surface area contributed by atoms with Crippen molar-refractivity contribution in [2.24, 2.45) is 5.10 Å². The maximum absolute atomic E-state index is 12.4. The Kier molecular flexibility index (Phi) is 6.84. The molecule has 1 heterocycles. The molecule has 160 valence electrons. The lowest BCUT2D eigenvalue weighted by atomic mass is 10.2. The van der Waals surface area contributed by atoms with Gasteiger partial charge in [0.05, 0.1) is 12.8 Å². The van der Waals surface area contributed by atoms with Gasteiger partial charge in [-0.15, -0.1) is 10.2 Å². The van der Waals surface area contributed by atoms with E-state index in [0.29, 0.717) is 21.7 Å². The summed E-state index contributed by atoms with van der Waals surface area (Å²) in [5.41, 5.74) is 5.28. The van der Waals surface area contributed by atoms with Gasteiger partial charge in [-0.25, -0.2) is 4.79 Å². The second-order valence-corrected chi connectivity index (χ2v) is 7.86. The van der Waals surface area contributed by atoms with Crippen LogP contribution in [0.3, 0.4) is 0 Å². The Morgan fingerprint density at radius 2 is 1.62 bits per heavy atom. The van der Waals surface area contributed by atoms with Crippen molar-refractivity contribution in [2.75, 3.05) is 12.5 Å². The highest BCUT2D eigenvalue weighted by molar-refractivity contribution is 8.15. The molecule has 4 rings (SSSR count). The molecule has 0 spiro atoms. The molecular weight excluding hydrogens is 446 g/mol. The molecule has 0 bridgehead atoms. The highest BCUT2D eigenvalue weighted by Crippen LogP contribution is 2.29. The summed E-state index contributed by atoms with van der Waals surface area (Å²) >= 11 is 6.98. The Labute approximate surface area is 194 Å². The van der Waals surface area contributed by atoms with E-state index in [1.165, 1.54) is 7.11 Å². The van der Waals surface area contributed by atoms with E-state index in [2.05, 4.69) is 20.7 Å². The Morgan fingerprint density at radius 3 is 2.28 bits per heavy atom. The number of hydrogen-bond acceptors (Lipinski definition) is 7. The van der Waals surface area contributed by atoms with E-state index >= 15 is 0 Å². The highest BCUT2D eigenvalue weighted by atomic mass is 35.5. The summed E-state index contributed by atoms with van der Waals surface area (Å²) in [5, 5.41) is 14.1. The van der Waals surface area contributed by atoms with E-state index in [1.54, 1.807) is 24.3 Å². The zero-order valence-electron chi connectivity index (χ0n) is 17.0. The molecule has 9 heteroatoms. The third kappa shape index (κ3) is 4.99. The first-order valence-electron chi connectivity index (χ1n) is 9.57. The average molecular weight is 464 g/mol. The predicted molar refractivity (Wildman–Crippen MR) is 127 cm³/mol. The van der Waals surface area contributed by atoms with Gasteiger partial charge in [0.2, 0.25) is 10.2 Å². The molecule has 0 amide bonds. The minimum absolute atomic E-state index is 0.0756. The summed E-state index contributed by atoms with van der Waals surface area (Å²) in [6.07, 6.45) is 0. The van der Waals surface area contributed by atoms with Crippen LogP contribution < -0.4 is 5.43 Å². The highest BCUT2D eigenvalue weighted by Gasteiger charge is 2.22. The molecule has 4 aromatic rings. The Balaban J connectivity index is 1.72. The number of nitrogens with zero attached hydrogens (tertiary/aromatic N) is 4. The molecule has 0 unspecified atom stereocenters. The zero-order chi connectivity index (χ0) is 22.3. The van der Waals surface area contributed by atoms with Crippen LogP contribution in [0.15, 0.2) is 95.2 Å². The number of anilines is 1. The Hall–Kier alpha value is -3.62. The fourth-order valence-corrected chi connectivity index (χ4v) is 3.77. The van der Waals surface area contributed by atoms with Crippen molar-refractivity contribution in [2.45, 2.75) is 5.16 Å². The maximum atomic E-state index is 12.4. The molecule has 7 nitrogen and oxygen atoms in total. The summed E-state index contributed by atoms with van der Waals surface area (Å²) in [6, 6.07) is 26.3. The van der Waals surface area contributed by atoms with Gasteiger partial charge in [0.1, 0.15) is 0 Å². The number of para-hydroxylation sites is 1. The maximum Gasteiger partial charge on any atom is 0.365 e. The van der Waals surface area contributed by atoms with E-state index in [1.807, 2.05) is 65.2 Å². The molecule has 0 saturated heterocycles. The van der Waals surface area contributed by atoms with E-state index in [4.69, 9.17) is 16.3 Å². The van der Waals surface area contributed by atoms with Crippen molar-refractivity contribution in [3.05, 3.63) is 90.0 Å². The number of hydrazone groups is 1. The molecule has 32 heavy (non-hydrogen) atoms. The van der Waals surface area contributed by atoms with Crippen molar-refractivity contribution in [3.8, 4) is 17.1 Å². The summed E-state index contributed by atoms with van der Waals surface area (Å²) < 4.78 is 6.80. The SMILES string of the molecule is COC(=O)/C(=N/Nc1ccc(Cl)cc1)Sc1nnc(-c2ccccc2)n1-c1ccccc1. The summed E-state index contributed by atoms with van der Waals surface area (Å²) in [7, 11) is 1.30. The predicted octanol–water partition coefficient (Wildman–Crippen LogP) is 5.28. The van der Waals surface area contributed by atoms with Crippen LogP contribution in [0, 0.1) is 0 Å². The fourth-order valence-electron chi connectivity index (χ4n) is 2.84. The Bertz CT molecular complexity index is 1230. The fraction of sp³-hybridized carbons (Fsp3) is 0.0435. The van der Waals surface area contributed by atoms with Crippen LogP contribution in [-0.2, 0) is 9.53 Å². The Morgan fingerprint density at radius 1 is 0.969 bits per heavy atom. The molecule has 0 atom stereocenters. The normalized spacial score (nSPS) is 11.2. The van der Waals surface area contributed by atoms with Crippen LogP contribution in [0.25, 0.3) is 17.1 Å². The first-order chi connectivity index (χ1) is 15.7. The van der Waals surface area contributed by atoms with Crippen LogP contribution in [0.4, 0.5) is 5.69 Å². The molecule has 1 aromatic heterocycles. The van der Waals surface area contributed by atoms with Gasteiger partial charge < -0.3 is 4.74 Å². The largest absolute Gasteiger partial charge is 0.464 e. The van der Waals surface area contributed by atoms with Crippen LogP contribution in [0.1, 0.15) is 0 Å². The van der Waals surface area contributed by atoms with E-state index < -0.39 is 5.97 Å². The first kappa shape index (κ1) is 21.6. The third-order valence-electron chi connectivity index (χ3n) is 4.36. The first-order valence-corrected chi connectivity index (χ1v) is 10.8. The van der Waals surface area contributed by atoms with Gasteiger partial charge >= 0.3 is 5.97 Å². The number of nitrogens with one attached hydrogen (secondary N) is 1. The van der Waals surface area contributed by atoms with Gasteiger partial charge in [-0.2, -0.15) is 5.10 Å². The smallest absolute Gasteiger partial charge is 0.365 e. The standard InChI is InChI=1S/C23H18ClN5O2S/c1-31-22(30)21(27-25-18-14-12-17(24)13-15-18)32-23-28-26-20(16-8-4-2-5-9-16)29(23)19-10-6-3-7-11-19/h2-15,25H,1H3/b27-21-. The van der Waals surface area contributed by atoms with E-state index in [9.17, 15) is 4.79 Å². The van der Waals surface area contributed by atoms with Gasteiger partial charge in [0.15, 0.2) is 5.82 Å². The van der Waals surface area contributed by atoms with Crippen LogP contribution >= 0.6 is 23.4 Å². The van der Waals surface area contributed by atoms with Gasteiger partial charge in [-0.05, 0) is 48.2 Å². The summed E-state index contributed by atoms with van der Waals surface area (Å²) in [4.78, 5) is 12.4. The number of carbonyl (C=O) groups excluding carboxylic acids is 1. The molecule has 0 aliphatic carbocycles. The minimum atomic E-state index is -0.597. The number of ether oxygens (including phenoxy) is 1. The van der Waals surface area contributed by atoms with E-state index in [-0.39, 0.29) is 5.04 Å². The summed E-state index contributed by atoms with van der Waals surface area (Å²) in [6.45, 7) is 0. The lowest BCUT2D eigenvalue weighted by molar-refractivity contribution is -0.132. The molecule has 3 aromatic carbocycles. The number of aromatic nitrogens is 3. The minimum Gasteiger partial charge on any atom is -0.464 e. The zero-order valence-corrected chi connectivity index (χ0v) is 18.5. The monoisotopic (exact) mass is 463 g/mol. The average Bonchev–Trinajstić information content (AvgIpc) is 3.27. The molecule has 1 N–H and O–H groups in total. The number of esters is 1. The number of methoxy groups -OCH3 is 1. The number of carbonyl (C=O) groups is 1. The van der Waals surface area contributed by atoms with Crippen LogP contribution in [0.2, 0.25) is 5.02 Å². The lowest BCUT2D eigenvalue weighted by Crippen LogP contribution is -2.15. The second-order valence-electron chi connectivity index (χ2n) is 6.47. The third-order valence-corrected chi connectivity index (χ3v) is 5.51. The van der Waals surface area contributed by atoms with Crippen LogP contribution in [-0.4, -0.2) is 32.9 Å². The molecule has 0 aliphatic heterocycles. The number of benzene rings is 3. The summed E-state index contributed by atoms with van der Waals surface area (Å²) in [5.74, 6) is 0.0505. The topological polar surface area (TPSA) is 81.4 Å². The van der Waals surface area contributed by atoms with Crippen molar-refractivity contribution in [3.63, 3.8) is 0 Å². The van der Waals surface area contributed by atoms with Crippen molar-refractivity contribution in [1.82, 2.24) is 14.8 Å². The molecule has 0 saturated carbocycles. The van der Waals surface area contributed by atoms with Gasteiger partial charge in [0.25, 0.3) is 0 Å². The second kappa shape index (κ2) is 10.1. The molecule has 0 fully saturated rings. The van der Waals surface area contributed by atoms with Gasteiger partial charge in [-0.3, -0.25) is 9.99 Å². The number of hydrogen-bond donors (Lipinski definition) is 1. The van der Waals surface area contributed by atoms with Crippen molar-refractivity contribution >= 4 is 40.1 Å². The quantitative estimate of drug-likeness (QED) is 0.142. The molecule has 0 aliphatic rings. The lowest BCUT2D eigenvalue weighted by Gasteiger charge is -2.11. The van der Waals surface area contributed by atoms with Crippen molar-refractivity contribution in [1.29, 1.82) is 0 Å². The molecular formula is C23H18ClN5O2S. The van der Waals surface area contributed by atoms with Crippen molar-refractivity contribution < 1.29 is 9.53 Å². The molecule has 0 radical (unpaired) electrons. The van der Waals surface area contributed by atoms with Crippen LogP contribution in [0.5, 0.6) is 0 Å². The van der Waals surface area contributed by atoms with Gasteiger partial charge in [-0.1, -0.05) is 60.1 Å². The number of halogens is 1. The number of thioether (sulfide) groups is 1. The number of rotatable bonds is 5. The van der Waals surface area contributed by atoms with E-state index in [0.717, 1.165) is 23.0 Å².